The van der Waals surface area contributed by atoms with Gasteiger partial charge in [0.25, 0.3) is 0 Å². The van der Waals surface area contributed by atoms with Gasteiger partial charge in [0, 0.05) is 22.1 Å². The van der Waals surface area contributed by atoms with E-state index in [4.69, 9.17) is 12.2 Å². The van der Waals surface area contributed by atoms with E-state index in [2.05, 4.69) is 46.9 Å². The number of H-pyrrole nitrogens is 1. The number of hydrogen-bond donors (Lipinski definition) is 1. The molecular formula is C12H13BrN2S. The fourth-order valence-electron chi connectivity index (χ4n) is 1.77. The molecule has 1 heterocycles. The highest BCUT2D eigenvalue weighted by atomic mass is 79.9. The number of benzene rings is 1. The molecule has 2 rings (SSSR count). The summed E-state index contributed by atoms with van der Waals surface area (Å²) in [6, 6.07) is 4.25. The Morgan fingerprint density at radius 1 is 1.19 bits per heavy atom. The second-order valence-corrected chi connectivity index (χ2v) is 5.19. The van der Waals surface area contributed by atoms with E-state index in [0.29, 0.717) is 0 Å². The average Bonchev–Trinajstić information content (AvgIpc) is 2.53. The van der Waals surface area contributed by atoms with Gasteiger partial charge in [-0.05, 0) is 56.2 Å². The molecule has 2 aromatic rings. The third kappa shape index (κ3) is 1.99. The molecule has 1 N–H and O–H groups in total. The standard InChI is InChI=1S/C12H13BrN2S/c1-7-4-10(5-8(2)11(7)13)15-6-9(3)14-12(15)16/h4-6H,1-3H3,(H,14,16). The first-order valence-corrected chi connectivity index (χ1v) is 6.24. The molecule has 1 aromatic carbocycles. The Morgan fingerprint density at radius 2 is 1.75 bits per heavy atom. The topological polar surface area (TPSA) is 20.7 Å². The van der Waals surface area contributed by atoms with Crippen LogP contribution in [0.4, 0.5) is 0 Å². The van der Waals surface area contributed by atoms with E-state index in [-0.39, 0.29) is 0 Å². The number of hydrogen-bond acceptors (Lipinski definition) is 1. The van der Waals surface area contributed by atoms with Crippen LogP contribution in [0.1, 0.15) is 16.8 Å². The summed E-state index contributed by atoms with van der Waals surface area (Å²) in [4.78, 5) is 3.13. The van der Waals surface area contributed by atoms with Crippen LogP contribution in [0.2, 0.25) is 0 Å². The summed E-state index contributed by atoms with van der Waals surface area (Å²) in [6.07, 6.45) is 2.02. The molecule has 0 atom stereocenters. The van der Waals surface area contributed by atoms with E-state index in [1.807, 2.05) is 17.7 Å². The van der Waals surface area contributed by atoms with Crippen molar-refractivity contribution in [1.82, 2.24) is 9.55 Å². The van der Waals surface area contributed by atoms with Crippen molar-refractivity contribution in [2.45, 2.75) is 20.8 Å². The van der Waals surface area contributed by atoms with Crippen molar-refractivity contribution in [3.63, 3.8) is 0 Å². The van der Waals surface area contributed by atoms with Crippen molar-refractivity contribution in [2.75, 3.05) is 0 Å². The molecule has 0 spiro atoms. The highest BCUT2D eigenvalue weighted by Gasteiger charge is 2.05. The summed E-state index contributed by atoms with van der Waals surface area (Å²) in [5, 5.41) is 0. The molecule has 2 nitrogen and oxygen atoms in total. The molecule has 0 fully saturated rings. The molecule has 0 aliphatic carbocycles. The zero-order chi connectivity index (χ0) is 11.9. The molecule has 0 amide bonds. The Bertz CT molecular complexity index is 572. The first kappa shape index (κ1) is 11.6. The van der Waals surface area contributed by atoms with Gasteiger partial charge >= 0.3 is 0 Å². The Labute approximate surface area is 108 Å². The first-order valence-electron chi connectivity index (χ1n) is 5.04. The monoisotopic (exact) mass is 296 g/mol. The summed E-state index contributed by atoms with van der Waals surface area (Å²) in [5.41, 5.74) is 4.61. The van der Waals surface area contributed by atoms with E-state index < -0.39 is 0 Å². The second kappa shape index (κ2) is 4.18. The number of nitrogens with one attached hydrogen (secondary N) is 1. The van der Waals surface area contributed by atoms with E-state index in [1.54, 1.807) is 0 Å². The van der Waals surface area contributed by atoms with Crippen molar-refractivity contribution in [1.29, 1.82) is 0 Å². The van der Waals surface area contributed by atoms with Gasteiger partial charge in [-0.25, -0.2) is 0 Å². The van der Waals surface area contributed by atoms with E-state index in [9.17, 15) is 0 Å². The van der Waals surface area contributed by atoms with Crippen molar-refractivity contribution < 1.29 is 0 Å². The SMILES string of the molecule is Cc1cn(-c2cc(C)c(Br)c(C)c2)c(=S)[nH]1. The molecule has 0 bridgehead atoms. The number of rotatable bonds is 1. The zero-order valence-electron chi connectivity index (χ0n) is 9.47. The van der Waals surface area contributed by atoms with Crippen LogP contribution in [-0.4, -0.2) is 9.55 Å². The number of aryl methyl sites for hydroxylation is 3. The predicted molar refractivity (Wildman–Crippen MR) is 72.9 cm³/mol. The Balaban J connectivity index is 2.66. The summed E-state index contributed by atoms with van der Waals surface area (Å²) >= 11 is 8.84. The maximum absolute atomic E-state index is 5.27. The summed E-state index contributed by atoms with van der Waals surface area (Å²) in [5.74, 6) is 0. The summed E-state index contributed by atoms with van der Waals surface area (Å²) in [7, 11) is 0. The zero-order valence-corrected chi connectivity index (χ0v) is 11.9. The molecule has 0 aliphatic rings. The Kier molecular flexibility index (Phi) is 3.04. The van der Waals surface area contributed by atoms with Crippen LogP contribution in [-0.2, 0) is 0 Å². The summed E-state index contributed by atoms with van der Waals surface area (Å²) in [6.45, 7) is 6.18. The van der Waals surface area contributed by atoms with Gasteiger partial charge in [0.05, 0.1) is 0 Å². The van der Waals surface area contributed by atoms with Gasteiger partial charge < -0.3 is 4.98 Å². The van der Waals surface area contributed by atoms with Gasteiger partial charge in [-0.2, -0.15) is 0 Å². The van der Waals surface area contributed by atoms with Crippen molar-refractivity contribution in [2.24, 2.45) is 0 Å². The number of imidazole rings is 1. The fourth-order valence-corrected chi connectivity index (χ4v) is 2.32. The van der Waals surface area contributed by atoms with Crippen LogP contribution < -0.4 is 0 Å². The number of halogens is 1. The smallest absolute Gasteiger partial charge is 0.181 e. The van der Waals surface area contributed by atoms with Crippen molar-refractivity contribution in [3.05, 3.63) is 44.4 Å². The molecule has 0 saturated heterocycles. The van der Waals surface area contributed by atoms with Crippen molar-refractivity contribution in [3.8, 4) is 5.69 Å². The quantitative estimate of drug-likeness (QED) is 0.781. The minimum Gasteiger partial charge on any atom is -0.335 e. The van der Waals surface area contributed by atoms with Crippen LogP contribution in [0.25, 0.3) is 5.69 Å². The Hall–Kier alpha value is -0.870. The third-order valence-electron chi connectivity index (χ3n) is 2.55. The van der Waals surface area contributed by atoms with Crippen molar-refractivity contribution >= 4 is 28.1 Å². The molecule has 0 unspecified atom stereocenters. The molecule has 0 aliphatic heterocycles. The molecule has 0 radical (unpaired) electrons. The van der Waals surface area contributed by atoms with Gasteiger partial charge in [-0.15, -0.1) is 0 Å². The van der Waals surface area contributed by atoms with Crippen LogP contribution >= 0.6 is 28.1 Å². The van der Waals surface area contributed by atoms with Crippen LogP contribution in [0.5, 0.6) is 0 Å². The Morgan fingerprint density at radius 3 is 2.19 bits per heavy atom. The lowest BCUT2D eigenvalue weighted by molar-refractivity contribution is 1.02. The van der Waals surface area contributed by atoms with Crippen LogP contribution in [0.3, 0.4) is 0 Å². The lowest BCUT2D eigenvalue weighted by atomic mass is 10.1. The van der Waals surface area contributed by atoms with Gasteiger partial charge in [-0.1, -0.05) is 15.9 Å². The molecule has 84 valence electrons. The van der Waals surface area contributed by atoms with E-state index in [1.165, 1.54) is 11.1 Å². The normalized spacial score (nSPS) is 10.8. The fraction of sp³-hybridized carbons (Fsp3) is 0.250. The lowest BCUT2D eigenvalue weighted by Gasteiger charge is -2.08. The molecule has 0 saturated carbocycles. The minimum absolute atomic E-state index is 0.735. The van der Waals surface area contributed by atoms with E-state index in [0.717, 1.165) is 20.6 Å². The lowest BCUT2D eigenvalue weighted by Crippen LogP contribution is -1.95. The predicted octanol–water partition coefficient (Wildman–Crippen LogP) is 4.22. The average molecular weight is 297 g/mol. The van der Waals surface area contributed by atoms with Gasteiger partial charge in [0.2, 0.25) is 0 Å². The number of nitrogens with zero attached hydrogens (tertiary/aromatic N) is 1. The van der Waals surface area contributed by atoms with Crippen LogP contribution in [0.15, 0.2) is 22.8 Å². The first-order chi connectivity index (χ1) is 7.49. The molecule has 1 aromatic heterocycles. The largest absolute Gasteiger partial charge is 0.335 e. The maximum Gasteiger partial charge on any atom is 0.181 e. The second-order valence-electron chi connectivity index (χ2n) is 4.01. The molecular weight excluding hydrogens is 284 g/mol. The molecule has 16 heavy (non-hydrogen) atoms. The van der Waals surface area contributed by atoms with Gasteiger partial charge in [0.1, 0.15) is 0 Å². The minimum atomic E-state index is 0.735. The van der Waals surface area contributed by atoms with Gasteiger partial charge in [-0.3, -0.25) is 4.57 Å². The highest BCUT2D eigenvalue weighted by molar-refractivity contribution is 9.10. The summed E-state index contributed by atoms with van der Waals surface area (Å²) < 4.78 is 3.89. The highest BCUT2D eigenvalue weighted by Crippen LogP contribution is 2.24. The van der Waals surface area contributed by atoms with E-state index >= 15 is 0 Å². The van der Waals surface area contributed by atoms with Crippen LogP contribution in [0, 0.1) is 25.5 Å². The number of aromatic amines is 1. The maximum atomic E-state index is 5.27. The third-order valence-corrected chi connectivity index (χ3v) is 4.09. The molecule has 4 heteroatoms. The van der Waals surface area contributed by atoms with Gasteiger partial charge in [0.15, 0.2) is 4.77 Å². The number of aromatic nitrogens is 2.